The highest BCUT2D eigenvalue weighted by molar-refractivity contribution is 5.94. The molecule has 29 heavy (non-hydrogen) atoms. The Morgan fingerprint density at radius 1 is 0.897 bits per heavy atom. The van der Waals surface area contributed by atoms with Crippen molar-refractivity contribution in [2.45, 2.75) is 44.6 Å². The lowest BCUT2D eigenvalue weighted by molar-refractivity contribution is 0.0746. The molecule has 2 fully saturated rings. The van der Waals surface area contributed by atoms with E-state index in [1.807, 2.05) is 4.90 Å². The molecular weight excluding hydrogens is 362 g/mol. The van der Waals surface area contributed by atoms with Crippen molar-refractivity contribution in [2.75, 3.05) is 44.2 Å². The molecule has 1 aromatic heterocycles. The Bertz CT molecular complexity index is 834. The zero-order valence-electron chi connectivity index (χ0n) is 17.2. The number of piperazine rings is 1. The number of nitrogens with zero attached hydrogens (tertiary/aromatic N) is 3. The van der Waals surface area contributed by atoms with E-state index in [2.05, 4.69) is 28.0 Å². The van der Waals surface area contributed by atoms with E-state index in [4.69, 9.17) is 4.42 Å². The van der Waals surface area contributed by atoms with Gasteiger partial charge in [-0.05, 0) is 55.0 Å². The summed E-state index contributed by atoms with van der Waals surface area (Å²) in [5.74, 6) is 0.0762. The zero-order chi connectivity index (χ0) is 19.6. The van der Waals surface area contributed by atoms with Crippen LogP contribution in [0.3, 0.4) is 0 Å². The second-order valence-corrected chi connectivity index (χ2v) is 8.72. The maximum atomic E-state index is 12.5. The van der Waals surface area contributed by atoms with E-state index < -0.39 is 0 Å². The molecule has 2 aliphatic heterocycles. The molecule has 5 rings (SSSR count). The summed E-state index contributed by atoms with van der Waals surface area (Å²) < 4.78 is 5.06. The number of carbonyl (C=O) groups excluding carboxylic acids is 1. The molecule has 1 saturated carbocycles. The highest BCUT2D eigenvalue weighted by Crippen LogP contribution is 2.28. The van der Waals surface area contributed by atoms with Crippen LogP contribution in [0.25, 0.3) is 0 Å². The Morgan fingerprint density at radius 2 is 1.66 bits per heavy atom. The molecule has 0 radical (unpaired) electrons. The Hall–Kier alpha value is -2.27. The highest BCUT2D eigenvalue weighted by Gasteiger charge is 2.26. The van der Waals surface area contributed by atoms with E-state index in [1.54, 1.807) is 12.3 Å². The van der Waals surface area contributed by atoms with Gasteiger partial charge < -0.3 is 14.2 Å². The first-order valence-corrected chi connectivity index (χ1v) is 11.2. The summed E-state index contributed by atoms with van der Waals surface area (Å²) in [7, 11) is 0. The molecule has 0 spiro atoms. The molecule has 1 aliphatic carbocycles. The molecule has 3 heterocycles. The monoisotopic (exact) mass is 393 g/mol. The number of furan rings is 1. The number of hydrogen-bond donors (Lipinski definition) is 0. The molecule has 5 heteroatoms. The van der Waals surface area contributed by atoms with Crippen LogP contribution in [0, 0.1) is 0 Å². The van der Waals surface area contributed by atoms with Gasteiger partial charge in [0.05, 0.1) is 11.8 Å². The van der Waals surface area contributed by atoms with Gasteiger partial charge in [-0.15, -0.1) is 0 Å². The second-order valence-electron chi connectivity index (χ2n) is 8.72. The molecule has 5 nitrogen and oxygen atoms in total. The predicted molar refractivity (Wildman–Crippen MR) is 115 cm³/mol. The normalized spacial score (nSPS) is 21.2. The lowest BCUT2D eigenvalue weighted by Gasteiger charge is -2.36. The maximum Gasteiger partial charge on any atom is 0.257 e. The van der Waals surface area contributed by atoms with Crippen molar-refractivity contribution in [3.05, 3.63) is 53.5 Å². The molecule has 0 unspecified atom stereocenters. The fourth-order valence-corrected chi connectivity index (χ4v) is 5.30. The topological polar surface area (TPSA) is 39.9 Å². The molecule has 3 aliphatic rings. The van der Waals surface area contributed by atoms with Crippen LogP contribution in [0.15, 0.2) is 41.2 Å². The van der Waals surface area contributed by atoms with Crippen LogP contribution in [0.2, 0.25) is 0 Å². The van der Waals surface area contributed by atoms with Crippen molar-refractivity contribution in [3.8, 4) is 0 Å². The number of hydrogen-bond acceptors (Lipinski definition) is 4. The summed E-state index contributed by atoms with van der Waals surface area (Å²) in [6.45, 7) is 5.71. The minimum absolute atomic E-state index is 0.0762. The number of carbonyl (C=O) groups is 1. The van der Waals surface area contributed by atoms with Gasteiger partial charge in [-0.25, -0.2) is 0 Å². The van der Waals surface area contributed by atoms with Crippen LogP contribution in [0.1, 0.15) is 47.2 Å². The van der Waals surface area contributed by atoms with Gasteiger partial charge in [0.15, 0.2) is 0 Å². The number of fused-ring (bicyclic) bond motifs is 1. The van der Waals surface area contributed by atoms with Gasteiger partial charge in [0.2, 0.25) is 0 Å². The average molecular weight is 394 g/mol. The first kappa shape index (κ1) is 18.7. The van der Waals surface area contributed by atoms with Crippen LogP contribution < -0.4 is 4.90 Å². The van der Waals surface area contributed by atoms with Crippen molar-refractivity contribution in [1.29, 1.82) is 0 Å². The quantitative estimate of drug-likeness (QED) is 0.799. The molecule has 1 amide bonds. The van der Waals surface area contributed by atoms with E-state index in [9.17, 15) is 4.79 Å². The molecule has 0 bridgehead atoms. The van der Waals surface area contributed by atoms with Crippen molar-refractivity contribution in [1.82, 2.24) is 9.80 Å². The molecule has 2 aromatic rings. The Balaban J connectivity index is 1.22. The smallest absolute Gasteiger partial charge is 0.257 e. The minimum atomic E-state index is 0.0762. The van der Waals surface area contributed by atoms with Crippen molar-refractivity contribution in [2.24, 2.45) is 0 Å². The van der Waals surface area contributed by atoms with Crippen LogP contribution in [-0.2, 0) is 12.8 Å². The van der Waals surface area contributed by atoms with E-state index in [0.29, 0.717) is 5.56 Å². The van der Waals surface area contributed by atoms with Crippen LogP contribution >= 0.6 is 0 Å². The van der Waals surface area contributed by atoms with Gasteiger partial charge in [-0.2, -0.15) is 0 Å². The third-order valence-corrected chi connectivity index (χ3v) is 7.07. The van der Waals surface area contributed by atoms with Gasteiger partial charge >= 0.3 is 0 Å². The largest absolute Gasteiger partial charge is 0.472 e. The van der Waals surface area contributed by atoms with Gasteiger partial charge in [0.25, 0.3) is 5.91 Å². The van der Waals surface area contributed by atoms with E-state index in [0.717, 1.165) is 32.2 Å². The second kappa shape index (κ2) is 8.23. The fourth-order valence-electron chi connectivity index (χ4n) is 5.30. The van der Waals surface area contributed by atoms with E-state index in [-0.39, 0.29) is 5.91 Å². The van der Waals surface area contributed by atoms with Crippen molar-refractivity contribution < 1.29 is 9.21 Å². The van der Waals surface area contributed by atoms with Crippen LogP contribution in [-0.4, -0.2) is 61.0 Å². The lowest BCUT2D eigenvalue weighted by atomic mass is 10.0. The standard InChI is InChI=1S/C24H31N3O2/c28-24(21-9-16-29-18-21)27-14-12-26(13-15-27)23-6-5-19-7-10-25(11-8-20(19)17-23)22-3-1-2-4-22/h5-6,9,16-18,22H,1-4,7-8,10-15H2. The molecule has 0 atom stereocenters. The first-order valence-electron chi connectivity index (χ1n) is 11.2. The Kier molecular flexibility index (Phi) is 5.32. The zero-order valence-corrected chi connectivity index (χ0v) is 17.2. The minimum Gasteiger partial charge on any atom is -0.472 e. The van der Waals surface area contributed by atoms with E-state index in [1.165, 1.54) is 74.7 Å². The van der Waals surface area contributed by atoms with E-state index >= 15 is 0 Å². The summed E-state index contributed by atoms with van der Waals surface area (Å²) in [4.78, 5) is 19.6. The van der Waals surface area contributed by atoms with Gasteiger partial charge in [-0.3, -0.25) is 9.69 Å². The SMILES string of the molecule is O=C(c1ccoc1)N1CCN(c2ccc3c(c2)CCN(C2CCCC2)CC3)CC1. The summed E-state index contributed by atoms with van der Waals surface area (Å²) in [5.41, 5.74) is 5.02. The van der Waals surface area contributed by atoms with Crippen molar-refractivity contribution >= 4 is 11.6 Å². The van der Waals surface area contributed by atoms with Crippen LogP contribution in [0.5, 0.6) is 0 Å². The van der Waals surface area contributed by atoms with Crippen LogP contribution in [0.4, 0.5) is 5.69 Å². The Morgan fingerprint density at radius 3 is 2.38 bits per heavy atom. The number of benzene rings is 1. The fraction of sp³-hybridized carbons (Fsp3) is 0.542. The molecule has 0 N–H and O–H groups in total. The Labute approximate surface area is 173 Å². The highest BCUT2D eigenvalue weighted by atomic mass is 16.3. The average Bonchev–Trinajstić information content (AvgIpc) is 3.45. The van der Waals surface area contributed by atoms with Gasteiger partial charge in [-0.1, -0.05) is 18.9 Å². The van der Waals surface area contributed by atoms with Crippen molar-refractivity contribution in [3.63, 3.8) is 0 Å². The lowest BCUT2D eigenvalue weighted by Crippen LogP contribution is -2.48. The van der Waals surface area contributed by atoms with Gasteiger partial charge in [0, 0.05) is 51.0 Å². The number of rotatable bonds is 3. The summed E-state index contributed by atoms with van der Waals surface area (Å²) >= 11 is 0. The predicted octanol–water partition coefficient (Wildman–Crippen LogP) is 3.59. The number of anilines is 1. The molecule has 1 saturated heterocycles. The third-order valence-electron chi connectivity index (χ3n) is 7.07. The summed E-state index contributed by atoms with van der Waals surface area (Å²) in [6, 6.07) is 9.63. The molecular formula is C24H31N3O2. The first-order chi connectivity index (χ1) is 14.3. The number of amides is 1. The molecule has 1 aromatic carbocycles. The maximum absolute atomic E-state index is 12.5. The summed E-state index contributed by atoms with van der Waals surface area (Å²) in [6.07, 6.45) is 11.0. The van der Waals surface area contributed by atoms with Gasteiger partial charge in [0.1, 0.15) is 6.26 Å². The third kappa shape index (κ3) is 3.93. The molecule has 154 valence electrons. The summed E-state index contributed by atoms with van der Waals surface area (Å²) in [5, 5.41) is 0.